The van der Waals surface area contributed by atoms with Crippen molar-refractivity contribution >= 4 is 28.4 Å². The zero-order chi connectivity index (χ0) is 17.3. The minimum absolute atomic E-state index is 0.0481. The molecule has 118 valence electrons. The summed E-state index contributed by atoms with van der Waals surface area (Å²) in [7, 11) is 0. The van der Waals surface area contributed by atoms with E-state index in [1.165, 1.54) is 12.1 Å². The SMILES string of the molecule is Cc1cc2nc(/C(C#N)=C/c3ccccc3[N+](=O)[O-])[nH]c2cc1C. The Kier molecular flexibility index (Phi) is 3.84. The molecule has 6 heteroatoms. The predicted molar refractivity (Wildman–Crippen MR) is 92.1 cm³/mol. The van der Waals surface area contributed by atoms with Gasteiger partial charge in [0.2, 0.25) is 0 Å². The van der Waals surface area contributed by atoms with Crippen molar-refractivity contribution in [2.24, 2.45) is 0 Å². The van der Waals surface area contributed by atoms with Gasteiger partial charge in [0, 0.05) is 6.07 Å². The van der Waals surface area contributed by atoms with Crippen molar-refractivity contribution < 1.29 is 4.92 Å². The topological polar surface area (TPSA) is 95.6 Å². The van der Waals surface area contributed by atoms with Gasteiger partial charge in [-0.05, 0) is 49.2 Å². The molecule has 3 aromatic rings. The number of fused-ring (bicyclic) bond motifs is 1. The van der Waals surface area contributed by atoms with Gasteiger partial charge in [-0.3, -0.25) is 10.1 Å². The van der Waals surface area contributed by atoms with Gasteiger partial charge in [-0.25, -0.2) is 4.98 Å². The van der Waals surface area contributed by atoms with E-state index in [1.54, 1.807) is 18.2 Å². The molecule has 3 rings (SSSR count). The molecule has 1 N–H and O–H groups in total. The predicted octanol–water partition coefficient (Wildman–Crippen LogP) is 4.15. The minimum Gasteiger partial charge on any atom is -0.337 e. The molecule has 0 spiro atoms. The van der Waals surface area contributed by atoms with Crippen LogP contribution in [0.4, 0.5) is 5.69 Å². The average Bonchev–Trinajstić information content (AvgIpc) is 2.95. The van der Waals surface area contributed by atoms with E-state index in [9.17, 15) is 15.4 Å². The molecule has 6 nitrogen and oxygen atoms in total. The van der Waals surface area contributed by atoms with Crippen molar-refractivity contribution in [3.63, 3.8) is 0 Å². The Morgan fingerprint density at radius 2 is 2.00 bits per heavy atom. The molecule has 0 bridgehead atoms. The van der Waals surface area contributed by atoms with E-state index in [2.05, 4.69) is 16.0 Å². The first-order valence-corrected chi connectivity index (χ1v) is 7.32. The Hall–Kier alpha value is -3.46. The third-order valence-electron chi connectivity index (χ3n) is 3.91. The Balaban J connectivity index is 2.13. The standard InChI is InChI=1S/C18H14N4O2/c1-11-7-15-16(8-12(11)2)21-18(20-15)14(10-19)9-13-5-3-4-6-17(13)22(23)24/h3-9H,1-2H3,(H,20,21)/b14-9+. The van der Waals surface area contributed by atoms with E-state index in [0.29, 0.717) is 11.4 Å². The molecule has 0 saturated carbocycles. The highest BCUT2D eigenvalue weighted by atomic mass is 16.6. The number of nitro benzene ring substituents is 1. The summed E-state index contributed by atoms with van der Waals surface area (Å²) in [5.74, 6) is 0.399. The monoisotopic (exact) mass is 318 g/mol. The lowest BCUT2D eigenvalue weighted by Gasteiger charge is -1.98. The molecule has 2 aromatic carbocycles. The number of nitrogens with zero attached hydrogens (tertiary/aromatic N) is 3. The largest absolute Gasteiger partial charge is 0.337 e. The summed E-state index contributed by atoms with van der Waals surface area (Å²) in [6.45, 7) is 4.00. The molecule has 1 aromatic heterocycles. The van der Waals surface area contributed by atoms with Gasteiger partial charge < -0.3 is 4.98 Å². The average molecular weight is 318 g/mol. The number of aromatic amines is 1. The number of aromatic nitrogens is 2. The zero-order valence-electron chi connectivity index (χ0n) is 13.2. The second-order valence-corrected chi connectivity index (χ2v) is 5.52. The fraction of sp³-hybridized carbons (Fsp3) is 0.111. The fourth-order valence-electron chi connectivity index (χ4n) is 2.48. The molecule has 0 unspecified atom stereocenters. The molecule has 0 aliphatic heterocycles. The lowest BCUT2D eigenvalue weighted by atomic mass is 10.1. The molecule has 24 heavy (non-hydrogen) atoms. The van der Waals surface area contributed by atoms with Crippen molar-refractivity contribution in [2.45, 2.75) is 13.8 Å². The Labute approximate surface area is 138 Å². The van der Waals surface area contributed by atoms with Gasteiger partial charge >= 0.3 is 0 Å². The van der Waals surface area contributed by atoms with Crippen LogP contribution >= 0.6 is 0 Å². The van der Waals surface area contributed by atoms with E-state index in [1.807, 2.05) is 26.0 Å². The number of benzene rings is 2. The number of hydrogen-bond acceptors (Lipinski definition) is 4. The highest BCUT2D eigenvalue weighted by molar-refractivity contribution is 5.91. The maximum atomic E-state index is 11.1. The Bertz CT molecular complexity index is 986. The third kappa shape index (κ3) is 2.75. The number of hydrogen-bond donors (Lipinski definition) is 1. The lowest BCUT2D eigenvalue weighted by Crippen LogP contribution is -1.92. The quantitative estimate of drug-likeness (QED) is 0.445. The summed E-state index contributed by atoms with van der Waals surface area (Å²) in [5, 5.41) is 20.6. The fourth-order valence-corrected chi connectivity index (χ4v) is 2.48. The highest BCUT2D eigenvalue weighted by Gasteiger charge is 2.14. The molecular weight excluding hydrogens is 304 g/mol. The molecule has 0 amide bonds. The van der Waals surface area contributed by atoms with Crippen molar-refractivity contribution in [2.75, 3.05) is 0 Å². The van der Waals surface area contributed by atoms with Gasteiger partial charge in [-0.15, -0.1) is 0 Å². The van der Waals surface area contributed by atoms with E-state index < -0.39 is 4.92 Å². The van der Waals surface area contributed by atoms with E-state index >= 15 is 0 Å². The summed E-state index contributed by atoms with van der Waals surface area (Å²) < 4.78 is 0. The van der Waals surface area contributed by atoms with E-state index in [-0.39, 0.29) is 11.3 Å². The van der Waals surface area contributed by atoms with Crippen LogP contribution < -0.4 is 0 Å². The van der Waals surface area contributed by atoms with Gasteiger partial charge in [0.25, 0.3) is 5.69 Å². The number of para-hydroxylation sites is 1. The Morgan fingerprint density at radius 3 is 2.71 bits per heavy atom. The van der Waals surface area contributed by atoms with Crippen LogP contribution in [0.25, 0.3) is 22.7 Å². The molecule has 0 saturated heterocycles. The summed E-state index contributed by atoms with van der Waals surface area (Å²) in [6, 6.07) is 12.3. The first-order valence-electron chi connectivity index (χ1n) is 7.32. The summed E-state index contributed by atoms with van der Waals surface area (Å²) in [4.78, 5) is 18.2. The van der Waals surface area contributed by atoms with Crippen LogP contribution in [0, 0.1) is 35.3 Å². The number of rotatable bonds is 3. The number of imidazole rings is 1. The first kappa shape index (κ1) is 15.4. The van der Waals surface area contributed by atoms with Crippen LogP contribution in [0.3, 0.4) is 0 Å². The number of nitriles is 1. The number of nitro groups is 1. The maximum Gasteiger partial charge on any atom is 0.276 e. The first-order chi connectivity index (χ1) is 11.5. The summed E-state index contributed by atoms with van der Waals surface area (Å²) >= 11 is 0. The van der Waals surface area contributed by atoms with Crippen LogP contribution in [-0.2, 0) is 0 Å². The maximum absolute atomic E-state index is 11.1. The van der Waals surface area contributed by atoms with Gasteiger partial charge in [0.1, 0.15) is 11.9 Å². The number of nitrogens with one attached hydrogen (secondary N) is 1. The van der Waals surface area contributed by atoms with Crippen molar-refractivity contribution in [1.82, 2.24) is 9.97 Å². The van der Waals surface area contributed by atoms with Crippen LogP contribution in [0.2, 0.25) is 0 Å². The number of H-pyrrole nitrogens is 1. The van der Waals surface area contributed by atoms with Crippen molar-refractivity contribution in [3.05, 3.63) is 69.0 Å². The summed E-state index contributed by atoms with van der Waals surface area (Å²) in [5.41, 5.74) is 4.39. The minimum atomic E-state index is -0.466. The molecule has 0 atom stereocenters. The van der Waals surface area contributed by atoms with Crippen LogP contribution in [-0.4, -0.2) is 14.9 Å². The zero-order valence-corrected chi connectivity index (χ0v) is 13.2. The van der Waals surface area contributed by atoms with Crippen LogP contribution in [0.5, 0.6) is 0 Å². The second-order valence-electron chi connectivity index (χ2n) is 5.52. The Morgan fingerprint density at radius 1 is 1.29 bits per heavy atom. The second kappa shape index (κ2) is 5.97. The van der Waals surface area contributed by atoms with Crippen molar-refractivity contribution in [3.8, 4) is 6.07 Å². The molecule has 0 radical (unpaired) electrons. The smallest absolute Gasteiger partial charge is 0.276 e. The molecule has 0 aliphatic rings. The number of aryl methyl sites for hydroxylation is 2. The van der Waals surface area contributed by atoms with E-state index in [4.69, 9.17) is 0 Å². The number of allylic oxidation sites excluding steroid dienone is 1. The van der Waals surface area contributed by atoms with Crippen LogP contribution in [0.1, 0.15) is 22.5 Å². The molecular formula is C18H14N4O2. The lowest BCUT2D eigenvalue weighted by molar-refractivity contribution is -0.385. The van der Waals surface area contributed by atoms with Crippen molar-refractivity contribution in [1.29, 1.82) is 5.26 Å². The molecule has 1 heterocycles. The van der Waals surface area contributed by atoms with Gasteiger partial charge in [-0.2, -0.15) is 5.26 Å². The normalized spacial score (nSPS) is 11.5. The van der Waals surface area contributed by atoms with Gasteiger partial charge in [0.05, 0.1) is 27.1 Å². The molecule has 0 aliphatic carbocycles. The summed E-state index contributed by atoms with van der Waals surface area (Å²) in [6.07, 6.45) is 1.48. The van der Waals surface area contributed by atoms with E-state index in [0.717, 1.165) is 22.2 Å². The van der Waals surface area contributed by atoms with Gasteiger partial charge in [0.15, 0.2) is 0 Å². The van der Waals surface area contributed by atoms with Crippen LogP contribution in [0.15, 0.2) is 36.4 Å². The highest BCUT2D eigenvalue weighted by Crippen LogP contribution is 2.25. The third-order valence-corrected chi connectivity index (χ3v) is 3.91. The van der Waals surface area contributed by atoms with Gasteiger partial charge in [-0.1, -0.05) is 12.1 Å². The molecule has 0 fully saturated rings.